The molecule has 0 bridgehead atoms. The highest BCUT2D eigenvalue weighted by atomic mass is 16.1. The van der Waals surface area contributed by atoms with Gasteiger partial charge in [0.05, 0.1) is 0 Å². The van der Waals surface area contributed by atoms with Gasteiger partial charge >= 0.3 is 0 Å². The Hall–Kier alpha value is -0.330. The number of hydrogen-bond acceptors (Lipinski definition) is 1. The second-order valence-electron chi connectivity index (χ2n) is 7.12. The predicted octanol–water partition coefficient (Wildman–Crippen LogP) is 5.91. The molecule has 0 heterocycles. The van der Waals surface area contributed by atoms with Gasteiger partial charge in [-0.1, -0.05) is 72.1 Å². The van der Waals surface area contributed by atoms with Crippen LogP contribution in [-0.2, 0) is 4.79 Å². The molecule has 1 aliphatic carbocycles. The molecule has 1 heteroatoms. The second-order valence-corrected chi connectivity index (χ2v) is 7.12. The van der Waals surface area contributed by atoms with Crippen molar-refractivity contribution >= 4 is 5.78 Å². The smallest absolute Gasteiger partial charge is 0.136 e. The maximum atomic E-state index is 12.2. The van der Waals surface area contributed by atoms with Crippen LogP contribution in [0.2, 0.25) is 0 Å². The third-order valence-electron chi connectivity index (χ3n) is 4.92. The molecule has 0 aromatic heterocycles. The molecular formula is C18H34O. The van der Waals surface area contributed by atoms with E-state index >= 15 is 0 Å². The Balaban J connectivity index is 2.02. The van der Waals surface area contributed by atoms with E-state index in [0.717, 1.165) is 19.3 Å². The van der Waals surface area contributed by atoms with E-state index in [1.807, 2.05) is 0 Å². The Kier molecular flexibility index (Phi) is 7.71. The number of carbonyl (C=O) groups excluding carboxylic acids is 1. The van der Waals surface area contributed by atoms with Crippen molar-refractivity contribution in [2.24, 2.45) is 11.3 Å². The lowest BCUT2D eigenvalue weighted by Gasteiger charge is -2.25. The Morgan fingerprint density at radius 3 is 2.11 bits per heavy atom. The number of Topliss-reactive ketones (excluding diaryl/α,β-unsaturated/α-hetero) is 1. The summed E-state index contributed by atoms with van der Waals surface area (Å²) in [6.07, 6.45) is 15.0. The molecule has 1 nitrogen and oxygen atoms in total. The topological polar surface area (TPSA) is 17.1 Å². The third-order valence-corrected chi connectivity index (χ3v) is 4.92. The van der Waals surface area contributed by atoms with E-state index in [2.05, 4.69) is 20.8 Å². The molecule has 0 N–H and O–H groups in total. The highest BCUT2D eigenvalue weighted by Gasteiger charge is 2.38. The van der Waals surface area contributed by atoms with Gasteiger partial charge in [-0.2, -0.15) is 0 Å². The molecule has 0 spiro atoms. The third kappa shape index (κ3) is 6.10. The lowest BCUT2D eigenvalue weighted by atomic mass is 9.78. The fraction of sp³-hybridized carbons (Fsp3) is 0.944. The standard InChI is InChI=1S/C18H34O/c1-4-5-6-7-8-9-10-11-14-17(19)16-13-12-15-18(16,2)3/h16H,4-15H2,1-3H3. The van der Waals surface area contributed by atoms with Crippen molar-refractivity contribution < 1.29 is 4.79 Å². The summed E-state index contributed by atoms with van der Waals surface area (Å²) in [6.45, 7) is 6.81. The van der Waals surface area contributed by atoms with E-state index in [0.29, 0.717) is 11.7 Å². The molecule has 0 aromatic carbocycles. The van der Waals surface area contributed by atoms with Gasteiger partial charge in [0.15, 0.2) is 0 Å². The zero-order valence-corrected chi connectivity index (χ0v) is 13.5. The van der Waals surface area contributed by atoms with Crippen molar-refractivity contribution in [2.75, 3.05) is 0 Å². The Morgan fingerprint density at radius 2 is 1.58 bits per heavy atom. The molecule has 1 aliphatic rings. The first-order valence-electron chi connectivity index (χ1n) is 8.60. The molecule has 1 saturated carbocycles. The minimum Gasteiger partial charge on any atom is -0.299 e. The summed E-state index contributed by atoms with van der Waals surface area (Å²) in [5.41, 5.74) is 0.275. The van der Waals surface area contributed by atoms with Gasteiger partial charge in [-0.05, 0) is 24.7 Å². The van der Waals surface area contributed by atoms with Crippen LogP contribution in [0.1, 0.15) is 97.8 Å². The first-order valence-corrected chi connectivity index (χ1v) is 8.60. The average molecular weight is 266 g/mol. The highest BCUT2D eigenvalue weighted by Crippen LogP contribution is 2.43. The number of carbonyl (C=O) groups is 1. The van der Waals surface area contributed by atoms with Crippen molar-refractivity contribution in [1.82, 2.24) is 0 Å². The number of hydrogen-bond donors (Lipinski definition) is 0. The summed E-state index contributed by atoms with van der Waals surface area (Å²) in [7, 11) is 0. The van der Waals surface area contributed by atoms with E-state index in [1.165, 1.54) is 57.8 Å². The molecule has 1 atom stereocenters. The molecule has 19 heavy (non-hydrogen) atoms. The Morgan fingerprint density at radius 1 is 1.00 bits per heavy atom. The van der Waals surface area contributed by atoms with E-state index in [4.69, 9.17) is 0 Å². The fourth-order valence-electron chi connectivity index (χ4n) is 3.53. The fourth-order valence-corrected chi connectivity index (χ4v) is 3.53. The average Bonchev–Trinajstić information content (AvgIpc) is 2.72. The van der Waals surface area contributed by atoms with Crippen LogP contribution in [0, 0.1) is 11.3 Å². The Labute approximate surface area is 120 Å². The quantitative estimate of drug-likeness (QED) is 0.449. The molecule has 1 unspecified atom stereocenters. The molecule has 1 rings (SSSR count). The van der Waals surface area contributed by atoms with Crippen LogP contribution < -0.4 is 0 Å². The zero-order chi connectivity index (χ0) is 14.1. The van der Waals surface area contributed by atoms with Crippen molar-refractivity contribution in [3.05, 3.63) is 0 Å². The number of rotatable bonds is 10. The first-order chi connectivity index (χ1) is 9.08. The van der Waals surface area contributed by atoms with E-state index in [-0.39, 0.29) is 5.41 Å². The maximum Gasteiger partial charge on any atom is 0.136 e. The van der Waals surface area contributed by atoms with Gasteiger partial charge in [-0.25, -0.2) is 0 Å². The van der Waals surface area contributed by atoms with E-state index < -0.39 is 0 Å². The summed E-state index contributed by atoms with van der Waals surface area (Å²) in [4.78, 5) is 12.2. The maximum absolute atomic E-state index is 12.2. The summed E-state index contributed by atoms with van der Waals surface area (Å²) in [6, 6.07) is 0. The summed E-state index contributed by atoms with van der Waals surface area (Å²) >= 11 is 0. The largest absolute Gasteiger partial charge is 0.299 e. The minimum atomic E-state index is 0.275. The molecule has 112 valence electrons. The SMILES string of the molecule is CCCCCCCCCCC(=O)C1CCCC1(C)C. The zero-order valence-electron chi connectivity index (χ0n) is 13.5. The monoisotopic (exact) mass is 266 g/mol. The van der Waals surface area contributed by atoms with Crippen LogP contribution in [0.4, 0.5) is 0 Å². The van der Waals surface area contributed by atoms with Gasteiger partial charge < -0.3 is 0 Å². The van der Waals surface area contributed by atoms with Gasteiger partial charge in [0.2, 0.25) is 0 Å². The molecule has 0 aliphatic heterocycles. The van der Waals surface area contributed by atoms with E-state index in [9.17, 15) is 4.79 Å². The Bertz CT molecular complexity index is 254. The van der Waals surface area contributed by atoms with Crippen LogP contribution in [-0.4, -0.2) is 5.78 Å². The van der Waals surface area contributed by atoms with Crippen LogP contribution in [0.3, 0.4) is 0 Å². The van der Waals surface area contributed by atoms with Crippen molar-refractivity contribution in [3.8, 4) is 0 Å². The number of ketones is 1. The summed E-state index contributed by atoms with van der Waals surface area (Å²) in [5.74, 6) is 0.908. The molecule has 0 saturated heterocycles. The van der Waals surface area contributed by atoms with E-state index in [1.54, 1.807) is 0 Å². The lowest BCUT2D eigenvalue weighted by Crippen LogP contribution is -2.25. The van der Waals surface area contributed by atoms with Crippen molar-refractivity contribution in [3.63, 3.8) is 0 Å². The van der Waals surface area contributed by atoms with Gasteiger partial charge in [0, 0.05) is 12.3 Å². The molecule has 0 radical (unpaired) electrons. The molecule has 1 fully saturated rings. The van der Waals surface area contributed by atoms with Gasteiger partial charge in [0.1, 0.15) is 5.78 Å². The molecule has 0 amide bonds. The van der Waals surface area contributed by atoms with Crippen LogP contribution >= 0.6 is 0 Å². The van der Waals surface area contributed by atoms with Gasteiger partial charge in [0.25, 0.3) is 0 Å². The molecule has 0 aromatic rings. The van der Waals surface area contributed by atoms with Crippen LogP contribution in [0.5, 0.6) is 0 Å². The van der Waals surface area contributed by atoms with Crippen LogP contribution in [0.15, 0.2) is 0 Å². The van der Waals surface area contributed by atoms with Gasteiger partial charge in [-0.15, -0.1) is 0 Å². The lowest BCUT2D eigenvalue weighted by molar-refractivity contribution is -0.125. The van der Waals surface area contributed by atoms with Crippen LogP contribution in [0.25, 0.3) is 0 Å². The predicted molar refractivity (Wildman–Crippen MR) is 83.4 cm³/mol. The number of unbranched alkanes of at least 4 members (excludes halogenated alkanes) is 7. The normalized spacial score (nSPS) is 21.7. The summed E-state index contributed by atoms with van der Waals surface area (Å²) in [5, 5.41) is 0. The first kappa shape index (κ1) is 16.7. The second kappa shape index (κ2) is 8.76. The molecular weight excluding hydrogens is 232 g/mol. The minimum absolute atomic E-state index is 0.275. The van der Waals surface area contributed by atoms with Gasteiger partial charge in [-0.3, -0.25) is 4.79 Å². The summed E-state index contributed by atoms with van der Waals surface area (Å²) < 4.78 is 0. The highest BCUT2D eigenvalue weighted by molar-refractivity contribution is 5.82. The van der Waals surface area contributed by atoms with Crippen molar-refractivity contribution in [2.45, 2.75) is 97.8 Å². The van der Waals surface area contributed by atoms with Crippen molar-refractivity contribution in [1.29, 1.82) is 0 Å².